The van der Waals surface area contributed by atoms with Crippen LogP contribution in [0.5, 0.6) is 0 Å². The first-order valence-corrected chi connectivity index (χ1v) is 8.61. The summed E-state index contributed by atoms with van der Waals surface area (Å²) in [6.45, 7) is 0. The van der Waals surface area contributed by atoms with Crippen LogP contribution in [0.4, 0.5) is 0 Å². The van der Waals surface area contributed by atoms with E-state index in [9.17, 15) is 4.79 Å². The molecule has 0 saturated heterocycles. The normalized spacial score (nSPS) is 11.2. The maximum absolute atomic E-state index is 9.76. The van der Waals surface area contributed by atoms with Crippen molar-refractivity contribution in [2.45, 2.75) is 10.5 Å². The first kappa shape index (κ1) is 12.4. The predicted octanol–water partition coefficient (Wildman–Crippen LogP) is -0.0906. The molecule has 5 heteroatoms. The third-order valence-electron chi connectivity index (χ3n) is 0.514. The molecule has 9 heavy (non-hydrogen) atoms. The van der Waals surface area contributed by atoms with Gasteiger partial charge in [-0.15, -0.1) is 0 Å². The van der Waals surface area contributed by atoms with Gasteiger partial charge in [-0.2, -0.15) is 12.6 Å². The van der Waals surface area contributed by atoms with Crippen LogP contribution in [0.3, 0.4) is 0 Å². The van der Waals surface area contributed by atoms with E-state index in [4.69, 9.17) is 10.8 Å². The number of carboxylic acids is 1. The number of hydrogen-bond donors (Lipinski definition) is 3. The van der Waals surface area contributed by atoms with Crippen LogP contribution >= 0.6 is 12.6 Å². The number of carbonyl (C=O) groups is 1. The van der Waals surface area contributed by atoms with Gasteiger partial charge in [0, 0.05) is 5.75 Å². The molecular formula is C4H10HgNO2S. The van der Waals surface area contributed by atoms with Crippen molar-refractivity contribution in [2.75, 3.05) is 5.75 Å². The monoisotopic (exact) mass is 338 g/mol. The molecule has 0 aliphatic rings. The minimum atomic E-state index is -1.00. The van der Waals surface area contributed by atoms with Crippen LogP contribution in [-0.2, 0) is 30.9 Å². The van der Waals surface area contributed by atoms with E-state index in [1.807, 2.05) is 0 Å². The summed E-state index contributed by atoms with van der Waals surface area (Å²) in [7, 11) is 0. The van der Waals surface area contributed by atoms with Gasteiger partial charge in [0.25, 0.3) is 0 Å². The molecule has 0 unspecified atom stereocenters. The fourth-order valence-corrected chi connectivity index (χ4v) is 0.234. The number of rotatable bonds is 2. The Hall–Kier alpha value is 0.715. The maximum atomic E-state index is 9.76. The third kappa shape index (κ3) is 8.72. The zero-order valence-electron chi connectivity index (χ0n) is 5.37. The Morgan fingerprint density at radius 1 is 1.89 bits per heavy atom. The molecule has 1 atom stereocenters. The van der Waals surface area contributed by atoms with Gasteiger partial charge in [-0.3, -0.25) is 4.79 Å². The Balaban J connectivity index is 0. The molecule has 0 aromatic heterocycles. The molecule has 0 aromatic carbocycles. The summed E-state index contributed by atoms with van der Waals surface area (Å²) in [5, 5.41) is 8.01. The Labute approximate surface area is 76.4 Å². The minimum absolute atomic E-state index is 0.190. The van der Waals surface area contributed by atoms with Gasteiger partial charge in [0.05, 0.1) is 0 Å². The summed E-state index contributed by atoms with van der Waals surface area (Å²) >= 11 is 4.68. The second-order valence-electron chi connectivity index (χ2n) is 1.13. The van der Waals surface area contributed by atoms with Gasteiger partial charge in [0.2, 0.25) is 0 Å². The fraction of sp³-hybridized carbons (Fsp3) is 0.750. The first-order valence-electron chi connectivity index (χ1n) is 2.48. The predicted molar refractivity (Wildman–Crippen MR) is 35.3 cm³/mol. The summed E-state index contributed by atoms with van der Waals surface area (Å²) in [6.07, 6.45) is 0. The molecule has 0 bridgehead atoms. The Bertz CT molecular complexity index is 81.0. The molecule has 0 aliphatic carbocycles. The van der Waals surface area contributed by atoms with Crippen molar-refractivity contribution in [3.63, 3.8) is 0 Å². The SMILES string of the molecule is N[C@@H](CS)C(=O)O.[CH3][Hg]. The van der Waals surface area contributed by atoms with Crippen molar-refractivity contribution < 1.29 is 36.0 Å². The number of thiol groups is 1. The van der Waals surface area contributed by atoms with Gasteiger partial charge in [-0.25, -0.2) is 0 Å². The second-order valence-corrected chi connectivity index (χ2v) is 1.49. The van der Waals surface area contributed by atoms with Gasteiger partial charge in [0.15, 0.2) is 0 Å². The van der Waals surface area contributed by atoms with Crippen molar-refractivity contribution in [1.82, 2.24) is 0 Å². The van der Waals surface area contributed by atoms with Crippen molar-refractivity contribution in [3.05, 3.63) is 0 Å². The molecule has 0 spiro atoms. The van der Waals surface area contributed by atoms with Crippen LogP contribution in [0.25, 0.3) is 0 Å². The van der Waals surface area contributed by atoms with E-state index in [0.717, 1.165) is 26.1 Å². The molecule has 51 valence electrons. The standard InChI is InChI=1S/C3H7NO2S.CH3.Hg/c4-2(1-7)3(5)6;;/h2,7H,1,4H2,(H,5,6);1H3;/t2-;;/m0../s1. The van der Waals surface area contributed by atoms with Gasteiger partial charge in [-0.05, 0) is 0 Å². The summed E-state index contributed by atoms with van der Waals surface area (Å²) in [5.41, 5.74) is 4.94. The van der Waals surface area contributed by atoms with Crippen molar-refractivity contribution >= 4 is 18.6 Å². The van der Waals surface area contributed by atoms with Gasteiger partial charge < -0.3 is 10.8 Å². The Morgan fingerprint density at radius 2 is 2.22 bits per heavy atom. The average molecular weight is 337 g/mol. The van der Waals surface area contributed by atoms with Crippen LogP contribution in [0.1, 0.15) is 0 Å². The van der Waals surface area contributed by atoms with E-state index in [1.165, 1.54) is 0 Å². The molecule has 3 nitrogen and oxygen atoms in total. The van der Waals surface area contributed by atoms with Crippen molar-refractivity contribution in [3.8, 4) is 0 Å². The molecule has 0 heterocycles. The molecule has 0 rings (SSSR count). The molecule has 3 N–H and O–H groups in total. The summed E-state index contributed by atoms with van der Waals surface area (Å²) in [6, 6.07) is -0.816. The van der Waals surface area contributed by atoms with Gasteiger partial charge in [-0.1, -0.05) is 0 Å². The second kappa shape index (κ2) is 8.72. The van der Waals surface area contributed by atoms with E-state index >= 15 is 0 Å². The van der Waals surface area contributed by atoms with E-state index in [2.05, 4.69) is 17.1 Å². The first-order chi connectivity index (χ1) is 4.18. The molecule has 0 amide bonds. The van der Waals surface area contributed by atoms with Gasteiger partial charge in [0.1, 0.15) is 6.04 Å². The zero-order chi connectivity index (χ0) is 7.86. The Kier molecular flexibility index (Phi) is 12.0. The van der Waals surface area contributed by atoms with Crippen molar-refractivity contribution in [2.24, 2.45) is 5.73 Å². The van der Waals surface area contributed by atoms with Crippen LogP contribution in [-0.4, -0.2) is 22.9 Å². The van der Waals surface area contributed by atoms with Crippen molar-refractivity contribution in [1.29, 1.82) is 0 Å². The molecule has 0 fully saturated rings. The zero-order valence-corrected chi connectivity index (χ0v) is 11.8. The molecule has 0 aromatic rings. The third-order valence-corrected chi connectivity index (χ3v) is 0.907. The van der Waals surface area contributed by atoms with E-state index < -0.39 is 12.0 Å². The quantitative estimate of drug-likeness (QED) is 0.488. The number of aliphatic carboxylic acids is 1. The van der Waals surface area contributed by atoms with Crippen LogP contribution in [0.2, 0.25) is 4.43 Å². The number of hydrogen-bond acceptors (Lipinski definition) is 3. The van der Waals surface area contributed by atoms with Crippen LogP contribution in [0, 0.1) is 0 Å². The topological polar surface area (TPSA) is 63.3 Å². The van der Waals surface area contributed by atoms with E-state index in [0.29, 0.717) is 0 Å². The van der Waals surface area contributed by atoms with E-state index in [-0.39, 0.29) is 5.75 Å². The number of carboxylic acid groups (broad SMARTS) is 1. The average Bonchev–Trinajstić information content (AvgIpc) is 1.91. The van der Waals surface area contributed by atoms with Crippen LogP contribution in [0.15, 0.2) is 0 Å². The molecule has 0 saturated carbocycles. The molecule has 0 radical (unpaired) electrons. The summed E-state index contributed by atoms with van der Waals surface area (Å²) in [4.78, 5) is 9.76. The Morgan fingerprint density at radius 3 is 2.22 bits per heavy atom. The van der Waals surface area contributed by atoms with Crippen LogP contribution < -0.4 is 5.73 Å². The molecular weight excluding hydrogens is 327 g/mol. The van der Waals surface area contributed by atoms with E-state index in [1.54, 1.807) is 0 Å². The summed E-state index contributed by atoms with van der Waals surface area (Å²) in [5.74, 6) is -0.815. The fourth-order valence-electron chi connectivity index (χ4n) is 0.0781. The van der Waals surface area contributed by atoms with Gasteiger partial charge >= 0.3 is 36.5 Å². The number of nitrogens with two attached hydrogens (primary N) is 1. The summed E-state index contributed by atoms with van der Waals surface area (Å²) < 4.78 is 2.19. The molecule has 0 aliphatic heterocycles.